The van der Waals surface area contributed by atoms with Gasteiger partial charge >= 0.3 is 0 Å². The number of methoxy groups -OCH3 is 1. The van der Waals surface area contributed by atoms with Crippen molar-refractivity contribution in [2.75, 3.05) is 11.8 Å². The summed E-state index contributed by atoms with van der Waals surface area (Å²) < 4.78 is 34.4. The van der Waals surface area contributed by atoms with Crippen molar-refractivity contribution in [3.05, 3.63) is 45.5 Å². The number of phenolic OH excluding ortho intramolecular Hbond substituents is 1. The standard InChI is InChI=1S/C20H26ClNO4S/c1-6-13-10-14(7-2)20(15(8-3)11-13)27(24,25)22-16-9-12(4)18(23)17(21)19(16)26-5/h9-11,22-23H,6-8H2,1-5H3. The van der Waals surface area contributed by atoms with Gasteiger partial charge in [-0.2, -0.15) is 0 Å². The van der Waals surface area contributed by atoms with Gasteiger partial charge in [-0.15, -0.1) is 0 Å². The van der Waals surface area contributed by atoms with Crippen LogP contribution in [0, 0.1) is 6.92 Å². The molecule has 7 heteroatoms. The van der Waals surface area contributed by atoms with Crippen molar-refractivity contribution in [1.29, 1.82) is 0 Å². The molecule has 2 aromatic carbocycles. The van der Waals surface area contributed by atoms with E-state index in [-0.39, 0.29) is 22.2 Å². The van der Waals surface area contributed by atoms with Crippen molar-refractivity contribution < 1.29 is 18.3 Å². The smallest absolute Gasteiger partial charge is 0.262 e. The zero-order valence-electron chi connectivity index (χ0n) is 16.3. The molecule has 5 nitrogen and oxygen atoms in total. The van der Waals surface area contributed by atoms with E-state index in [2.05, 4.69) is 4.72 Å². The quantitative estimate of drug-likeness (QED) is 0.638. The molecule has 0 radical (unpaired) electrons. The minimum absolute atomic E-state index is 0.0250. The van der Waals surface area contributed by atoms with Gasteiger partial charge in [-0.25, -0.2) is 8.42 Å². The highest BCUT2D eigenvalue weighted by atomic mass is 35.5. The van der Waals surface area contributed by atoms with E-state index in [1.807, 2.05) is 32.9 Å². The number of anilines is 1. The molecular formula is C20H26ClNO4S. The molecule has 148 valence electrons. The summed E-state index contributed by atoms with van der Waals surface area (Å²) in [6, 6.07) is 5.40. The maximum Gasteiger partial charge on any atom is 0.262 e. The van der Waals surface area contributed by atoms with E-state index in [0.29, 0.717) is 23.3 Å². The van der Waals surface area contributed by atoms with Gasteiger partial charge in [-0.05, 0) is 54.5 Å². The zero-order chi connectivity index (χ0) is 20.4. The van der Waals surface area contributed by atoms with Crippen molar-refractivity contribution in [3.63, 3.8) is 0 Å². The Hall–Kier alpha value is -1.92. The average Bonchev–Trinajstić information content (AvgIpc) is 2.64. The molecule has 0 aromatic heterocycles. The first-order valence-corrected chi connectivity index (χ1v) is 10.8. The van der Waals surface area contributed by atoms with Gasteiger partial charge in [0.15, 0.2) is 5.75 Å². The van der Waals surface area contributed by atoms with E-state index < -0.39 is 10.0 Å². The lowest BCUT2D eigenvalue weighted by atomic mass is 10.0. The van der Waals surface area contributed by atoms with Crippen LogP contribution in [0.25, 0.3) is 0 Å². The fourth-order valence-electron chi connectivity index (χ4n) is 3.12. The number of aromatic hydroxyl groups is 1. The van der Waals surface area contributed by atoms with Crippen molar-refractivity contribution in [2.24, 2.45) is 0 Å². The van der Waals surface area contributed by atoms with E-state index in [0.717, 1.165) is 23.1 Å². The predicted octanol–water partition coefficient (Wildman–Crippen LogP) is 4.85. The van der Waals surface area contributed by atoms with Crippen LogP contribution in [-0.4, -0.2) is 20.6 Å². The van der Waals surface area contributed by atoms with Crippen LogP contribution in [0.3, 0.4) is 0 Å². The maximum atomic E-state index is 13.3. The van der Waals surface area contributed by atoms with Gasteiger partial charge in [-0.1, -0.05) is 44.5 Å². The van der Waals surface area contributed by atoms with Crippen LogP contribution in [0.2, 0.25) is 5.02 Å². The zero-order valence-corrected chi connectivity index (χ0v) is 17.9. The van der Waals surface area contributed by atoms with Crippen LogP contribution in [0.1, 0.15) is 43.0 Å². The first-order chi connectivity index (χ1) is 12.7. The van der Waals surface area contributed by atoms with Gasteiger partial charge in [0.1, 0.15) is 10.8 Å². The Bertz CT molecular complexity index is 930. The second-order valence-electron chi connectivity index (χ2n) is 6.35. The molecule has 0 aliphatic heterocycles. The van der Waals surface area contributed by atoms with Crippen molar-refractivity contribution in [2.45, 2.75) is 51.9 Å². The number of sulfonamides is 1. The van der Waals surface area contributed by atoms with E-state index in [1.165, 1.54) is 13.2 Å². The number of ether oxygens (including phenoxy) is 1. The van der Waals surface area contributed by atoms with E-state index >= 15 is 0 Å². The average molecular weight is 412 g/mol. The molecule has 0 amide bonds. The molecule has 0 fully saturated rings. The molecule has 2 aromatic rings. The number of aryl methyl sites for hydroxylation is 4. The highest BCUT2D eigenvalue weighted by molar-refractivity contribution is 7.92. The Morgan fingerprint density at radius 1 is 1.07 bits per heavy atom. The highest BCUT2D eigenvalue weighted by Gasteiger charge is 2.25. The lowest BCUT2D eigenvalue weighted by Gasteiger charge is -2.19. The Morgan fingerprint density at radius 2 is 1.63 bits per heavy atom. The van der Waals surface area contributed by atoms with Gasteiger partial charge in [0, 0.05) is 0 Å². The number of rotatable bonds is 7. The molecule has 0 heterocycles. The summed E-state index contributed by atoms with van der Waals surface area (Å²) in [5.74, 6) is -0.0446. The second-order valence-corrected chi connectivity index (χ2v) is 8.34. The molecule has 0 unspecified atom stereocenters. The van der Waals surface area contributed by atoms with E-state index in [1.54, 1.807) is 6.92 Å². The summed E-state index contributed by atoms with van der Waals surface area (Å²) in [6.07, 6.45) is 2.04. The number of halogens is 1. The number of hydrogen-bond acceptors (Lipinski definition) is 4. The number of hydrogen-bond donors (Lipinski definition) is 2. The van der Waals surface area contributed by atoms with Crippen molar-refractivity contribution in [1.82, 2.24) is 0 Å². The molecule has 2 N–H and O–H groups in total. The molecule has 0 bridgehead atoms. The molecule has 2 rings (SSSR count). The van der Waals surface area contributed by atoms with Crippen LogP contribution >= 0.6 is 11.6 Å². The molecule has 0 saturated heterocycles. The third-order valence-corrected chi connectivity index (χ3v) is 6.48. The Labute approximate surface area is 166 Å². The first-order valence-electron chi connectivity index (χ1n) is 8.93. The van der Waals surface area contributed by atoms with Crippen LogP contribution < -0.4 is 9.46 Å². The normalized spacial score (nSPS) is 11.5. The molecule has 0 spiro atoms. The van der Waals surface area contributed by atoms with Crippen LogP contribution in [0.5, 0.6) is 11.5 Å². The molecular weight excluding hydrogens is 386 g/mol. The number of nitrogens with one attached hydrogen (secondary N) is 1. The van der Waals surface area contributed by atoms with Gasteiger partial charge < -0.3 is 9.84 Å². The predicted molar refractivity (Wildman–Crippen MR) is 110 cm³/mol. The summed E-state index contributed by atoms with van der Waals surface area (Å²) in [6.45, 7) is 7.57. The largest absolute Gasteiger partial charge is 0.506 e. The Morgan fingerprint density at radius 3 is 2.07 bits per heavy atom. The third-order valence-electron chi connectivity index (χ3n) is 4.58. The van der Waals surface area contributed by atoms with Gasteiger partial charge in [0.25, 0.3) is 10.0 Å². The SMILES string of the molecule is CCc1cc(CC)c(S(=O)(=O)Nc2cc(C)c(O)c(Cl)c2OC)c(CC)c1. The molecule has 0 aliphatic rings. The van der Waals surface area contributed by atoms with Crippen molar-refractivity contribution >= 4 is 27.3 Å². The van der Waals surface area contributed by atoms with E-state index in [4.69, 9.17) is 16.3 Å². The fraction of sp³-hybridized carbons (Fsp3) is 0.400. The minimum atomic E-state index is -3.87. The summed E-state index contributed by atoms with van der Waals surface area (Å²) >= 11 is 6.13. The molecule has 0 saturated carbocycles. The van der Waals surface area contributed by atoms with Gasteiger partial charge in [-0.3, -0.25) is 4.72 Å². The molecule has 0 aliphatic carbocycles. The summed E-state index contributed by atoms with van der Waals surface area (Å²) in [4.78, 5) is 0.300. The lowest BCUT2D eigenvalue weighted by Crippen LogP contribution is -2.18. The molecule has 27 heavy (non-hydrogen) atoms. The Balaban J connectivity index is 2.65. The Kier molecular flexibility index (Phi) is 6.65. The monoisotopic (exact) mass is 411 g/mol. The summed E-state index contributed by atoms with van der Waals surface area (Å²) in [7, 11) is -2.50. The third kappa shape index (κ3) is 4.17. The maximum absolute atomic E-state index is 13.3. The summed E-state index contributed by atoms with van der Waals surface area (Å²) in [5.41, 5.74) is 3.31. The summed E-state index contributed by atoms with van der Waals surface area (Å²) in [5, 5.41) is 9.97. The topological polar surface area (TPSA) is 75.6 Å². The fourth-order valence-corrected chi connectivity index (χ4v) is 5.09. The molecule has 0 atom stereocenters. The minimum Gasteiger partial charge on any atom is -0.506 e. The van der Waals surface area contributed by atoms with Crippen LogP contribution in [-0.2, 0) is 29.3 Å². The van der Waals surface area contributed by atoms with Gasteiger partial charge in [0.2, 0.25) is 0 Å². The number of phenols is 1. The lowest BCUT2D eigenvalue weighted by molar-refractivity contribution is 0.409. The van der Waals surface area contributed by atoms with E-state index in [9.17, 15) is 13.5 Å². The first kappa shape index (κ1) is 21.4. The van der Waals surface area contributed by atoms with Crippen LogP contribution in [0.4, 0.5) is 5.69 Å². The second kappa shape index (κ2) is 8.40. The van der Waals surface area contributed by atoms with Crippen LogP contribution in [0.15, 0.2) is 23.1 Å². The van der Waals surface area contributed by atoms with Gasteiger partial charge in [0.05, 0.1) is 17.7 Å². The van der Waals surface area contributed by atoms with Crippen molar-refractivity contribution in [3.8, 4) is 11.5 Å². The number of benzene rings is 2. The highest BCUT2D eigenvalue weighted by Crippen LogP contribution is 2.42.